The Balaban J connectivity index is 2.02. The second-order valence-corrected chi connectivity index (χ2v) is 9.68. The van der Waals surface area contributed by atoms with Crippen molar-refractivity contribution in [2.24, 2.45) is 0 Å². The highest BCUT2D eigenvalue weighted by Gasteiger charge is 2.51. The van der Waals surface area contributed by atoms with Gasteiger partial charge >= 0.3 is 12.4 Å². The maximum atomic E-state index is 14.0. The number of rotatable bonds is 4. The lowest BCUT2D eigenvalue weighted by atomic mass is 9.66. The molecule has 0 bridgehead atoms. The summed E-state index contributed by atoms with van der Waals surface area (Å²) < 4.78 is 84.1. The van der Waals surface area contributed by atoms with Gasteiger partial charge in [-0.25, -0.2) is 0 Å². The van der Waals surface area contributed by atoms with Gasteiger partial charge in [0.2, 0.25) is 0 Å². The highest BCUT2D eigenvalue weighted by molar-refractivity contribution is 5.89. The second kappa shape index (κ2) is 9.87. The Morgan fingerprint density at radius 2 is 0.902 bits per heavy atom. The molecule has 0 aromatic heterocycles. The average Bonchev–Trinajstić information content (AvgIpc) is 3.21. The van der Waals surface area contributed by atoms with Gasteiger partial charge in [0.15, 0.2) is 0 Å². The van der Waals surface area contributed by atoms with E-state index >= 15 is 0 Å². The highest BCUT2D eigenvalue weighted by atomic mass is 19.4. The Morgan fingerprint density at radius 1 is 0.537 bits per heavy atom. The van der Waals surface area contributed by atoms with Crippen LogP contribution >= 0.6 is 0 Å². The SMILES string of the molecule is CC=Cc1c(C(F)(F)F)ccc(C2(c3ccc(C(F)(F)F)c(C=CC)c3O)c3ccccc3-c3ccccc32)c1O. The summed E-state index contributed by atoms with van der Waals surface area (Å²) in [4.78, 5) is 0. The van der Waals surface area contributed by atoms with Crippen LogP contribution in [0.4, 0.5) is 26.3 Å². The average molecular weight is 567 g/mol. The van der Waals surface area contributed by atoms with E-state index in [1.165, 1.54) is 26.0 Å². The zero-order chi connectivity index (χ0) is 29.7. The molecular formula is C33H24F6O2. The molecular weight excluding hydrogens is 542 g/mol. The summed E-state index contributed by atoms with van der Waals surface area (Å²) in [7, 11) is 0. The van der Waals surface area contributed by atoms with Crippen LogP contribution in [0.15, 0.2) is 84.9 Å². The van der Waals surface area contributed by atoms with Crippen LogP contribution in [0.1, 0.15) is 58.4 Å². The van der Waals surface area contributed by atoms with Crippen molar-refractivity contribution in [3.63, 3.8) is 0 Å². The van der Waals surface area contributed by atoms with E-state index in [0.29, 0.717) is 22.3 Å². The first-order valence-electron chi connectivity index (χ1n) is 12.7. The van der Waals surface area contributed by atoms with Crippen LogP contribution in [0, 0.1) is 0 Å². The van der Waals surface area contributed by atoms with Crippen LogP contribution in [0.25, 0.3) is 23.3 Å². The van der Waals surface area contributed by atoms with Gasteiger partial charge in [-0.15, -0.1) is 0 Å². The molecule has 2 nitrogen and oxygen atoms in total. The van der Waals surface area contributed by atoms with Crippen LogP contribution in [-0.2, 0) is 17.8 Å². The van der Waals surface area contributed by atoms with Crippen molar-refractivity contribution in [2.45, 2.75) is 31.6 Å². The third-order valence-electron chi connectivity index (χ3n) is 7.47. The monoisotopic (exact) mass is 566 g/mol. The first-order chi connectivity index (χ1) is 19.4. The maximum Gasteiger partial charge on any atom is 0.417 e. The van der Waals surface area contributed by atoms with E-state index in [2.05, 4.69) is 0 Å². The van der Waals surface area contributed by atoms with E-state index in [1.807, 2.05) is 0 Å². The van der Waals surface area contributed by atoms with Crippen LogP contribution in [0.2, 0.25) is 0 Å². The molecule has 41 heavy (non-hydrogen) atoms. The smallest absolute Gasteiger partial charge is 0.417 e. The fourth-order valence-electron chi connectivity index (χ4n) is 5.95. The lowest BCUT2D eigenvalue weighted by Crippen LogP contribution is -2.30. The molecule has 1 aliphatic carbocycles. The summed E-state index contributed by atoms with van der Waals surface area (Å²) in [6, 6.07) is 17.9. The lowest BCUT2D eigenvalue weighted by molar-refractivity contribution is -0.138. The summed E-state index contributed by atoms with van der Waals surface area (Å²) in [5, 5.41) is 23.2. The lowest BCUT2D eigenvalue weighted by Gasteiger charge is -2.36. The minimum Gasteiger partial charge on any atom is -0.507 e. The Morgan fingerprint density at radius 3 is 1.24 bits per heavy atom. The van der Waals surface area contributed by atoms with Crippen molar-refractivity contribution in [3.8, 4) is 22.6 Å². The Labute approximate surface area is 232 Å². The minimum absolute atomic E-state index is 0.0162. The number of benzene rings is 4. The van der Waals surface area contributed by atoms with Crippen molar-refractivity contribution < 1.29 is 36.6 Å². The first kappa shape index (κ1) is 28.1. The molecule has 0 heterocycles. The summed E-state index contributed by atoms with van der Waals surface area (Å²) in [6.45, 7) is 3.01. The number of phenols is 2. The van der Waals surface area contributed by atoms with Gasteiger partial charge in [-0.05, 0) is 48.2 Å². The molecule has 1 aliphatic rings. The van der Waals surface area contributed by atoms with Gasteiger partial charge in [0.05, 0.1) is 16.5 Å². The number of hydrogen-bond acceptors (Lipinski definition) is 2. The van der Waals surface area contributed by atoms with Crippen molar-refractivity contribution in [3.05, 3.63) is 129 Å². The van der Waals surface area contributed by atoms with Gasteiger partial charge in [-0.2, -0.15) is 26.3 Å². The van der Waals surface area contributed by atoms with Gasteiger partial charge < -0.3 is 10.2 Å². The molecule has 5 rings (SSSR count). The molecule has 0 saturated heterocycles. The number of hydrogen-bond donors (Lipinski definition) is 2. The van der Waals surface area contributed by atoms with E-state index in [4.69, 9.17) is 0 Å². The van der Waals surface area contributed by atoms with Crippen LogP contribution in [0.3, 0.4) is 0 Å². The number of aromatic hydroxyl groups is 2. The van der Waals surface area contributed by atoms with Gasteiger partial charge in [0, 0.05) is 22.3 Å². The van der Waals surface area contributed by atoms with Crippen LogP contribution in [-0.4, -0.2) is 10.2 Å². The molecule has 4 aromatic rings. The maximum absolute atomic E-state index is 14.0. The summed E-state index contributed by atoms with van der Waals surface area (Å²) in [5.74, 6) is -1.40. The molecule has 0 amide bonds. The summed E-state index contributed by atoms with van der Waals surface area (Å²) in [5.41, 5.74) is -2.50. The number of phenolic OH excluding ortho intramolecular Hbond substituents is 2. The third kappa shape index (κ3) is 4.20. The molecule has 210 valence electrons. The van der Waals surface area contributed by atoms with E-state index in [0.717, 1.165) is 36.4 Å². The number of halogens is 6. The standard InChI is InChI=1S/C33H24F6O2/c1-3-9-21-25(32(34,35)36)15-17-27(29(21)40)31(23-13-7-5-11-19(23)20-12-6-8-14-24(20)31)28-18-16-26(33(37,38)39)22(10-4-2)30(28)41/h3-18,40-41H,1-2H3. The van der Waals surface area contributed by atoms with E-state index in [-0.39, 0.29) is 11.1 Å². The van der Waals surface area contributed by atoms with Crippen molar-refractivity contribution >= 4 is 12.2 Å². The molecule has 0 atom stereocenters. The second-order valence-electron chi connectivity index (χ2n) is 9.68. The quantitative estimate of drug-likeness (QED) is 0.213. The van der Waals surface area contributed by atoms with Crippen LogP contribution < -0.4 is 0 Å². The molecule has 4 aromatic carbocycles. The normalized spacial score (nSPS) is 14.5. The number of alkyl halides is 6. The van der Waals surface area contributed by atoms with Gasteiger partial charge in [0.1, 0.15) is 11.5 Å². The van der Waals surface area contributed by atoms with Crippen LogP contribution in [0.5, 0.6) is 11.5 Å². The largest absolute Gasteiger partial charge is 0.507 e. The molecule has 0 aliphatic heterocycles. The molecule has 0 radical (unpaired) electrons. The fourth-order valence-corrected chi connectivity index (χ4v) is 5.95. The van der Waals surface area contributed by atoms with Gasteiger partial charge in [-0.1, -0.05) is 85.0 Å². The Bertz CT molecular complexity index is 1580. The molecule has 0 unspecified atom stereocenters. The predicted molar refractivity (Wildman–Crippen MR) is 146 cm³/mol. The molecule has 8 heteroatoms. The molecule has 0 fully saturated rings. The molecule has 2 N–H and O–H groups in total. The van der Waals surface area contributed by atoms with Crippen molar-refractivity contribution in [1.29, 1.82) is 0 Å². The molecule has 0 spiro atoms. The summed E-state index contributed by atoms with van der Waals surface area (Å²) in [6.07, 6.45) is -4.59. The number of fused-ring (bicyclic) bond motifs is 3. The Hall–Kier alpha value is -4.46. The zero-order valence-electron chi connectivity index (χ0n) is 21.9. The van der Waals surface area contributed by atoms with Crippen molar-refractivity contribution in [1.82, 2.24) is 0 Å². The predicted octanol–water partition coefficient (Wildman–Crippen LogP) is 9.56. The first-order valence-corrected chi connectivity index (χ1v) is 12.7. The van der Waals surface area contributed by atoms with E-state index in [9.17, 15) is 36.6 Å². The Kier molecular flexibility index (Phi) is 6.76. The van der Waals surface area contributed by atoms with E-state index < -0.39 is 51.5 Å². The topological polar surface area (TPSA) is 40.5 Å². The molecule has 0 saturated carbocycles. The van der Waals surface area contributed by atoms with Gasteiger partial charge in [-0.3, -0.25) is 0 Å². The third-order valence-corrected chi connectivity index (χ3v) is 7.47. The zero-order valence-corrected chi connectivity index (χ0v) is 21.9. The van der Waals surface area contributed by atoms with Gasteiger partial charge in [0.25, 0.3) is 0 Å². The number of allylic oxidation sites excluding steroid dienone is 2. The summed E-state index contributed by atoms with van der Waals surface area (Å²) >= 11 is 0. The van der Waals surface area contributed by atoms with Crippen molar-refractivity contribution in [2.75, 3.05) is 0 Å². The minimum atomic E-state index is -4.79. The fraction of sp³-hybridized carbons (Fsp3) is 0.152. The highest BCUT2D eigenvalue weighted by Crippen LogP contribution is 2.61. The van der Waals surface area contributed by atoms with E-state index in [1.54, 1.807) is 48.5 Å².